The largest absolute Gasteiger partial charge is 0.508 e. The summed E-state index contributed by atoms with van der Waals surface area (Å²) in [4.78, 5) is 0. The average Bonchev–Trinajstić information content (AvgIpc) is 2.60. The number of hydrogen-bond donors (Lipinski definition) is 2. The summed E-state index contributed by atoms with van der Waals surface area (Å²) in [6.07, 6.45) is 14.2. The number of phenols is 2. The Morgan fingerprint density at radius 3 is 1.62 bits per heavy atom. The quantitative estimate of drug-likeness (QED) is 0.395. The molecule has 0 aliphatic heterocycles. The zero-order valence-corrected chi connectivity index (χ0v) is 19.5. The lowest BCUT2D eigenvalue weighted by Gasteiger charge is -2.14. The lowest BCUT2D eigenvalue weighted by Crippen LogP contribution is -1.95. The second-order valence-electron chi connectivity index (χ2n) is 8.67. The van der Waals surface area contributed by atoms with Crippen LogP contribution in [0.3, 0.4) is 0 Å². The number of phenolic OH excluding ortho intramolecular Hbond substituents is 2. The van der Waals surface area contributed by atoms with Crippen LogP contribution >= 0.6 is 0 Å². The maximum atomic E-state index is 10.8. The molecule has 0 aromatic heterocycles. The van der Waals surface area contributed by atoms with Crippen LogP contribution in [-0.2, 0) is 12.8 Å². The van der Waals surface area contributed by atoms with Crippen molar-refractivity contribution in [3.05, 3.63) is 69.4 Å². The maximum Gasteiger partial charge on any atom is 0.126 e. The van der Waals surface area contributed by atoms with Crippen LogP contribution in [0.1, 0.15) is 83.9 Å². The number of allylic oxidation sites excluding steroid dienone is 8. The van der Waals surface area contributed by atoms with Gasteiger partial charge in [0.1, 0.15) is 11.5 Å². The first-order valence-corrected chi connectivity index (χ1v) is 10.7. The van der Waals surface area contributed by atoms with E-state index in [1.807, 2.05) is 6.92 Å². The van der Waals surface area contributed by atoms with Crippen molar-refractivity contribution in [1.82, 2.24) is 0 Å². The highest BCUT2D eigenvalue weighted by atomic mass is 16.3. The molecule has 0 atom stereocenters. The summed E-state index contributed by atoms with van der Waals surface area (Å²) in [6, 6.07) is 1.78. The van der Waals surface area contributed by atoms with E-state index in [2.05, 4.69) is 65.8 Å². The number of benzene rings is 1. The summed E-state index contributed by atoms with van der Waals surface area (Å²) >= 11 is 0. The van der Waals surface area contributed by atoms with Gasteiger partial charge in [-0.15, -0.1) is 0 Å². The zero-order chi connectivity index (χ0) is 22.0. The molecule has 0 saturated carbocycles. The van der Waals surface area contributed by atoms with E-state index in [0.29, 0.717) is 18.4 Å². The third kappa shape index (κ3) is 9.21. The molecule has 2 nitrogen and oxygen atoms in total. The molecule has 2 heteroatoms. The molecule has 0 saturated heterocycles. The van der Waals surface area contributed by atoms with Crippen molar-refractivity contribution in [3.63, 3.8) is 0 Å². The van der Waals surface area contributed by atoms with Crippen molar-refractivity contribution < 1.29 is 10.2 Å². The summed E-state index contributed by atoms with van der Waals surface area (Å²) in [6.45, 7) is 14.7. The van der Waals surface area contributed by atoms with Crippen molar-refractivity contribution in [1.29, 1.82) is 0 Å². The molecule has 1 aromatic rings. The highest BCUT2D eigenvalue weighted by Gasteiger charge is 2.14. The monoisotopic (exact) mass is 396 g/mol. The van der Waals surface area contributed by atoms with E-state index in [9.17, 15) is 10.2 Å². The molecule has 0 spiro atoms. The van der Waals surface area contributed by atoms with Crippen molar-refractivity contribution in [2.24, 2.45) is 0 Å². The molecule has 0 radical (unpaired) electrons. The first-order valence-electron chi connectivity index (χ1n) is 10.7. The van der Waals surface area contributed by atoms with Crippen molar-refractivity contribution in [2.75, 3.05) is 0 Å². The Morgan fingerprint density at radius 2 is 1.17 bits per heavy atom. The standard InChI is InChI=1S/C27H40O2/c1-19(2)10-8-12-21(5)14-16-24-23(7)18-26(28)25(27(24)29)17-15-22(6)13-9-11-20(3)4/h10-11,14-15,18,28-29H,8-9,12-13,16-17H2,1-7H3/b21-14+,22-15+. The van der Waals surface area contributed by atoms with Crippen molar-refractivity contribution >= 4 is 0 Å². The van der Waals surface area contributed by atoms with Crippen molar-refractivity contribution in [2.45, 2.75) is 87.0 Å². The SMILES string of the molecule is CC(C)=CCC/C(C)=C/Cc1c(C)cc(O)c(C/C=C(\C)CCC=C(C)C)c1O. The molecule has 0 bridgehead atoms. The Bertz CT molecular complexity index is 732. The highest BCUT2D eigenvalue weighted by Crippen LogP contribution is 2.35. The zero-order valence-electron chi connectivity index (χ0n) is 19.5. The fourth-order valence-electron chi connectivity index (χ4n) is 3.26. The maximum absolute atomic E-state index is 10.8. The Labute approximate surface area is 178 Å². The predicted molar refractivity (Wildman–Crippen MR) is 127 cm³/mol. The van der Waals surface area contributed by atoms with Crippen LogP contribution in [-0.4, -0.2) is 10.2 Å². The van der Waals surface area contributed by atoms with Crippen LogP contribution in [0.25, 0.3) is 0 Å². The van der Waals surface area contributed by atoms with Crippen LogP contribution in [0.15, 0.2) is 52.7 Å². The van der Waals surface area contributed by atoms with Crippen LogP contribution in [0.2, 0.25) is 0 Å². The summed E-state index contributed by atoms with van der Waals surface area (Å²) in [7, 11) is 0. The van der Waals surface area contributed by atoms with E-state index in [1.54, 1.807) is 6.07 Å². The van der Waals surface area contributed by atoms with E-state index in [0.717, 1.165) is 36.8 Å². The normalized spacial score (nSPS) is 12.1. The second-order valence-corrected chi connectivity index (χ2v) is 8.67. The third-order valence-corrected chi connectivity index (χ3v) is 5.20. The molecule has 0 unspecified atom stereocenters. The van der Waals surface area contributed by atoms with Gasteiger partial charge in [-0.1, -0.05) is 46.6 Å². The highest BCUT2D eigenvalue weighted by molar-refractivity contribution is 5.54. The summed E-state index contributed by atoms with van der Waals surface area (Å²) in [5, 5.41) is 21.2. The minimum atomic E-state index is 0.182. The Morgan fingerprint density at radius 1 is 0.724 bits per heavy atom. The van der Waals surface area contributed by atoms with Gasteiger partial charge in [0.2, 0.25) is 0 Å². The van der Waals surface area contributed by atoms with E-state index in [4.69, 9.17) is 0 Å². The molecule has 0 aliphatic rings. The molecule has 0 aliphatic carbocycles. The first kappa shape index (κ1) is 24.8. The van der Waals surface area contributed by atoms with E-state index in [1.165, 1.54) is 22.3 Å². The average molecular weight is 397 g/mol. The van der Waals surface area contributed by atoms with Gasteiger partial charge in [-0.05, 0) is 98.6 Å². The molecule has 2 N–H and O–H groups in total. The molecular formula is C27H40O2. The summed E-state index contributed by atoms with van der Waals surface area (Å²) in [5.41, 5.74) is 7.75. The van der Waals surface area contributed by atoms with Gasteiger partial charge >= 0.3 is 0 Å². The minimum absolute atomic E-state index is 0.182. The van der Waals surface area contributed by atoms with Crippen molar-refractivity contribution in [3.8, 4) is 11.5 Å². The molecule has 29 heavy (non-hydrogen) atoms. The summed E-state index contributed by atoms with van der Waals surface area (Å²) in [5.74, 6) is 0.422. The van der Waals surface area contributed by atoms with E-state index >= 15 is 0 Å². The van der Waals surface area contributed by atoms with Gasteiger partial charge in [0, 0.05) is 11.1 Å². The first-order chi connectivity index (χ1) is 13.6. The van der Waals surface area contributed by atoms with Crippen LogP contribution in [0.4, 0.5) is 0 Å². The molecule has 0 heterocycles. The molecule has 1 aromatic carbocycles. The van der Waals surface area contributed by atoms with E-state index in [-0.39, 0.29) is 11.5 Å². The number of hydrogen-bond acceptors (Lipinski definition) is 2. The molecule has 0 amide bonds. The molecular weight excluding hydrogens is 356 g/mol. The van der Waals surface area contributed by atoms with Gasteiger partial charge in [-0.2, -0.15) is 0 Å². The predicted octanol–water partition coefficient (Wildman–Crippen LogP) is 7.88. The lowest BCUT2D eigenvalue weighted by molar-refractivity contribution is 0.436. The lowest BCUT2D eigenvalue weighted by atomic mass is 9.95. The fraction of sp³-hybridized carbons (Fsp3) is 0.481. The third-order valence-electron chi connectivity index (χ3n) is 5.20. The van der Waals surface area contributed by atoms with Crippen LogP contribution < -0.4 is 0 Å². The van der Waals surface area contributed by atoms with Gasteiger partial charge in [0.15, 0.2) is 0 Å². The van der Waals surface area contributed by atoms with Gasteiger partial charge in [0.25, 0.3) is 0 Å². The Hall–Kier alpha value is -2.22. The van der Waals surface area contributed by atoms with Crippen LogP contribution in [0, 0.1) is 6.92 Å². The summed E-state index contributed by atoms with van der Waals surface area (Å²) < 4.78 is 0. The Kier molecular flexibility index (Phi) is 10.6. The smallest absolute Gasteiger partial charge is 0.126 e. The number of rotatable bonds is 10. The minimum Gasteiger partial charge on any atom is -0.508 e. The number of aromatic hydroxyl groups is 2. The van der Waals surface area contributed by atoms with Gasteiger partial charge in [-0.3, -0.25) is 0 Å². The van der Waals surface area contributed by atoms with Gasteiger partial charge in [0.05, 0.1) is 0 Å². The molecule has 1 rings (SSSR count). The molecule has 0 fully saturated rings. The van der Waals surface area contributed by atoms with E-state index < -0.39 is 0 Å². The number of aryl methyl sites for hydroxylation is 1. The fourth-order valence-corrected chi connectivity index (χ4v) is 3.26. The van der Waals surface area contributed by atoms with Gasteiger partial charge in [-0.25, -0.2) is 0 Å². The Balaban J connectivity index is 2.92. The van der Waals surface area contributed by atoms with Gasteiger partial charge < -0.3 is 10.2 Å². The van der Waals surface area contributed by atoms with Crippen LogP contribution in [0.5, 0.6) is 11.5 Å². The second kappa shape index (κ2) is 12.4. The molecule has 160 valence electrons. The topological polar surface area (TPSA) is 40.5 Å².